The van der Waals surface area contributed by atoms with Crippen LogP contribution < -0.4 is 10.6 Å². The van der Waals surface area contributed by atoms with Crippen LogP contribution in [0.15, 0.2) is 30.3 Å². The smallest absolute Gasteiger partial charge is 0.251 e. The number of hydrogen-bond acceptors (Lipinski definition) is 3. The number of thiophene rings is 1. The first-order valence-electron chi connectivity index (χ1n) is 6.97. The lowest BCUT2D eigenvalue weighted by Gasteiger charge is -2.10. The Bertz CT molecular complexity index is 624. The number of benzene rings is 1. The standard InChI is InChI=1S/C16H19ClN2OS/c1-3-18-12-4-6-14(11(2)10-12)16(20)19-9-8-13-5-7-15(17)21-13/h4-7,10,18H,3,8-9H2,1-2H3,(H,19,20). The highest BCUT2D eigenvalue weighted by atomic mass is 35.5. The average molecular weight is 323 g/mol. The topological polar surface area (TPSA) is 41.1 Å². The molecule has 0 aliphatic carbocycles. The summed E-state index contributed by atoms with van der Waals surface area (Å²) in [6, 6.07) is 9.68. The van der Waals surface area contributed by atoms with E-state index in [1.165, 1.54) is 4.88 Å². The maximum absolute atomic E-state index is 12.2. The molecule has 2 aromatic rings. The second-order valence-electron chi connectivity index (χ2n) is 4.77. The van der Waals surface area contributed by atoms with Crippen molar-refractivity contribution < 1.29 is 4.79 Å². The number of hydrogen-bond donors (Lipinski definition) is 2. The summed E-state index contributed by atoms with van der Waals surface area (Å²) in [6.45, 7) is 5.49. The molecule has 0 saturated carbocycles. The maximum atomic E-state index is 12.2. The Morgan fingerprint density at radius 3 is 2.71 bits per heavy atom. The number of anilines is 1. The summed E-state index contributed by atoms with van der Waals surface area (Å²) >= 11 is 7.44. The highest BCUT2D eigenvalue weighted by Gasteiger charge is 2.09. The van der Waals surface area contributed by atoms with Crippen molar-refractivity contribution in [1.82, 2.24) is 5.32 Å². The molecule has 1 aromatic carbocycles. The van der Waals surface area contributed by atoms with E-state index in [-0.39, 0.29) is 5.91 Å². The minimum absolute atomic E-state index is 0.0294. The molecule has 0 bridgehead atoms. The minimum atomic E-state index is -0.0294. The number of rotatable bonds is 6. The van der Waals surface area contributed by atoms with E-state index in [1.807, 2.05) is 44.2 Å². The summed E-state index contributed by atoms with van der Waals surface area (Å²) < 4.78 is 0.784. The van der Waals surface area contributed by atoms with Gasteiger partial charge in [0.05, 0.1) is 4.34 Å². The van der Waals surface area contributed by atoms with Gasteiger partial charge in [-0.1, -0.05) is 11.6 Å². The molecule has 0 spiro atoms. The first-order chi connectivity index (χ1) is 10.1. The van der Waals surface area contributed by atoms with Crippen LogP contribution in [-0.4, -0.2) is 19.0 Å². The Balaban J connectivity index is 1.91. The van der Waals surface area contributed by atoms with Gasteiger partial charge in [0, 0.05) is 29.2 Å². The molecular weight excluding hydrogens is 304 g/mol. The Kier molecular flexibility index (Phi) is 5.65. The van der Waals surface area contributed by atoms with Gasteiger partial charge >= 0.3 is 0 Å². The molecule has 2 N–H and O–H groups in total. The molecule has 21 heavy (non-hydrogen) atoms. The summed E-state index contributed by atoms with van der Waals surface area (Å²) in [4.78, 5) is 13.4. The third kappa shape index (κ3) is 4.48. The first kappa shape index (κ1) is 15.9. The van der Waals surface area contributed by atoms with Crippen molar-refractivity contribution >= 4 is 34.5 Å². The average Bonchev–Trinajstić information content (AvgIpc) is 2.85. The Hall–Kier alpha value is -1.52. The highest BCUT2D eigenvalue weighted by Crippen LogP contribution is 2.21. The normalized spacial score (nSPS) is 10.4. The van der Waals surface area contributed by atoms with Gasteiger partial charge < -0.3 is 10.6 Å². The molecule has 5 heteroatoms. The zero-order valence-corrected chi connectivity index (χ0v) is 13.8. The van der Waals surface area contributed by atoms with Crippen molar-refractivity contribution in [2.24, 2.45) is 0 Å². The van der Waals surface area contributed by atoms with E-state index in [0.717, 1.165) is 34.1 Å². The molecule has 1 heterocycles. The van der Waals surface area contributed by atoms with E-state index in [9.17, 15) is 4.79 Å². The van der Waals surface area contributed by atoms with Crippen LogP contribution in [0.5, 0.6) is 0 Å². The molecule has 2 rings (SSSR count). The van der Waals surface area contributed by atoms with Crippen LogP contribution >= 0.6 is 22.9 Å². The number of aryl methyl sites for hydroxylation is 1. The zero-order valence-electron chi connectivity index (χ0n) is 12.2. The summed E-state index contributed by atoms with van der Waals surface area (Å²) in [5.74, 6) is -0.0294. The van der Waals surface area contributed by atoms with Gasteiger partial charge in [0.1, 0.15) is 0 Å². The van der Waals surface area contributed by atoms with Crippen LogP contribution in [0, 0.1) is 6.92 Å². The van der Waals surface area contributed by atoms with E-state index in [0.29, 0.717) is 6.54 Å². The first-order valence-corrected chi connectivity index (χ1v) is 8.16. The molecule has 0 radical (unpaired) electrons. The number of amides is 1. The number of halogens is 1. The van der Waals surface area contributed by atoms with Gasteiger partial charge in [0.25, 0.3) is 5.91 Å². The zero-order chi connectivity index (χ0) is 15.2. The lowest BCUT2D eigenvalue weighted by Crippen LogP contribution is -2.26. The molecule has 1 amide bonds. The molecule has 0 aliphatic rings. The lowest BCUT2D eigenvalue weighted by atomic mass is 10.1. The van der Waals surface area contributed by atoms with Crippen LogP contribution in [0.4, 0.5) is 5.69 Å². The molecule has 3 nitrogen and oxygen atoms in total. The van der Waals surface area contributed by atoms with E-state index in [4.69, 9.17) is 11.6 Å². The monoisotopic (exact) mass is 322 g/mol. The van der Waals surface area contributed by atoms with E-state index in [1.54, 1.807) is 11.3 Å². The fourth-order valence-corrected chi connectivity index (χ4v) is 3.20. The van der Waals surface area contributed by atoms with Crippen LogP contribution in [0.1, 0.15) is 27.7 Å². The summed E-state index contributed by atoms with van der Waals surface area (Å²) in [5.41, 5.74) is 2.74. The van der Waals surface area contributed by atoms with Gasteiger partial charge in [-0.2, -0.15) is 0 Å². The quantitative estimate of drug-likeness (QED) is 0.840. The number of carbonyl (C=O) groups excluding carboxylic acids is 1. The molecule has 0 aliphatic heterocycles. The van der Waals surface area contributed by atoms with Gasteiger partial charge in [-0.05, 0) is 56.2 Å². The summed E-state index contributed by atoms with van der Waals surface area (Å²) in [6.07, 6.45) is 0.803. The van der Waals surface area contributed by atoms with E-state index in [2.05, 4.69) is 10.6 Å². The second kappa shape index (κ2) is 7.48. The van der Waals surface area contributed by atoms with E-state index >= 15 is 0 Å². The van der Waals surface area contributed by atoms with Crippen molar-refractivity contribution in [3.8, 4) is 0 Å². The van der Waals surface area contributed by atoms with Crippen LogP contribution in [0.2, 0.25) is 4.34 Å². The SMILES string of the molecule is CCNc1ccc(C(=O)NCCc2ccc(Cl)s2)c(C)c1. The van der Waals surface area contributed by atoms with Crippen molar-refractivity contribution in [3.05, 3.63) is 50.7 Å². The Labute approximate surface area is 134 Å². The van der Waals surface area contributed by atoms with E-state index < -0.39 is 0 Å². The summed E-state index contributed by atoms with van der Waals surface area (Å²) in [7, 11) is 0. The van der Waals surface area contributed by atoms with Gasteiger partial charge in [0.2, 0.25) is 0 Å². The third-order valence-electron chi connectivity index (χ3n) is 3.14. The molecule has 1 aromatic heterocycles. The summed E-state index contributed by atoms with van der Waals surface area (Å²) in [5, 5.41) is 6.19. The number of nitrogens with one attached hydrogen (secondary N) is 2. The molecule has 0 unspecified atom stereocenters. The Morgan fingerprint density at radius 2 is 2.10 bits per heavy atom. The molecule has 0 saturated heterocycles. The highest BCUT2D eigenvalue weighted by molar-refractivity contribution is 7.16. The van der Waals surface area contributed by atoms with Crippen LogP contribution in [-0.2, 0) is 6.42 Å². The third-order valence-corrected chi connectivity index (χ3v) is 4.43. The van der Waals surface area contributed by atoms with Gasteiger partial charge in [-0.15, -0.1) is 11.3 Å². The number of carbonyl (C=O) groups is 1. The van der Waals surface area contributed by atoms with Gasteiger partial charge in [0.15, 0.2) is 0 Å². The van der Waals surface area contributed by atoms with Gasteiger partial charge in [-0.25, -0.2) is 0 Å². The van der Waals surface area contributed by atoms with Gasteiger partial charge in [-0.3, -0.25) is 4.79 Å². The predicted octanol–water partition coefficient (Wildman–Crippen LogP) is 4.11. The molecular formula is C16H19ClN2OS. The van der Waals surface area contributed by atoms with Crippen molar-refractivity contribution in [1.29, 1.82) is 0 Å². The largest absolute Gasteiger partial charge is 0.385 e. The maximum Gasteiger partial charge on any atom is 0.251 e. The lowest BCUT2D eigenvalue weighted by molar-refractivity contribution is 0.0953. The molecule has 112 valence electrons. The second-order valence-corrected chi connectivity index (χ2v) is 6.57. The minimum Gasteiger partial charge on any atom is -0.385 e. The predicted molar refractivity (Wildman–Crippen MR) is 90.7 cm³/mol. The van der Waals surface area contributed by atoms with Crippen molar-refractivity contribution in [3.63, 3.8) is 0 Å². The van der Waals surface area contributed by atoms with Crippen molar-refractivity contribution in [2.75, 3.05) is 18.4 Å². The van der Waals surface area contributed by atoms with Crippen molar-refractivity contribution in [2.45, 2.75) is 20.3 Å². The fraction of sp³-hybridized carbons (Fsp3) is 0.312. The van der Waals surface area contributed by atoms with Crippen LogP contribution in [0.3, 0.4) is 0 Å². The fourth-order valence-electron chi connectivity index (χ4n) is 2.11. The Morgan fingerprint density at radius 1 is 1.29 bits per heavy atom. The van der Waals surface area contributed by atoms with Crippen LogP contribution in [0.25, 0.3) is 0 Å². The molecule has 0 fully saturated rings. The molecule has 0 atom stereocenters.